The molecule has 1 aliphatic rings. The van der Waals surface area contributed by atoms with Crippen LogP contribution in [0.2, 0.25) is 0 Å². The average molecular weight is 428 g/mol. The highest BCUT2D eigenvalue weighted by Gasteiger charge is 2.16. The highest BCUT2D eigenvalue weighted by atomic mass is 35.5. The number of nitrogens with zero attached hydrogens (tertiary/aromatic N) is 1. The second-order valence-corrected chi connectivity index (χ2v) is 7.92. The molecule has 6 heteroatoms. The molecule has 160 valence electrons. The number of pyridine rings is 1. The maximum Gasteiger partial charge on any atom is 0.231 e. The number of fused-ring (bicyclic) bond motifs is 2. The van der Waals surface area contributed by atoms with E-state index in [-0.39, 0.29) is 12.4 Å². The van der Waals surface area contributed by atoms with Gasteiger partial charge in [0.15, 0.2) is 11.5 Å². The van der Waals surface area contributed by atoms with E-state index in [0.29, 0.717) is 12.7 Å². The summed E-state index contributed by atoms with van der Waals surface area (Å²) in [5.74, 6) is 2.36. The van der Waals surface area contributed by atoms with Crippen molar-refractivity contribution >= 4 is 29.0 Å². The molecule has 0 bridgehead atoms. The lowest BCUT2D eigenvalue weighted by Crippen LogP contribution is -2.18. The van der Waals surface area contributed by atoms with Crippen LogP contribution in [0.15, 0.2) is 48.7 Å². The maximum absolute atomic E-state index is 5.56. The Bertz CT molecular complexity index is 978. The van der Waals surface area contributed by atoms with E-state index in [2.05, 4.69) is 59.8 Å². The molecule has 1 aliphatic heterocycles. The molecule has 0 amide bonds. The molecule has 5 nitrogen and oxygen atoms in total. The lowest BCUT2D eigenvalue weighted by molar-refractivity contribution is 0.173. The number of ether oxygens (including phenoxy) is 2. The second kappa shape index (κ2) is 10.5. The monoisotopic (exact) mass is 427 g/mol. The number of halogens is 1. The van der Waals surface area contributed by atoms with Gasteiger partial charge in [-0.25, -0.2) is 0 Å². The van der Waals surface area contributed by atoms with Crippen molar-refractivity contribution < 1.29 is 9.47 Å². The van der Waals surface area contributed by atoms with E-state index in [1.165, 1.54) is 10.9 Å². The van der Waals surface area contributed by atoms with Gasteiger partial charge in [0, 0.05) is 35.9 Å². The fourth-order valence-corrected chi connectivity index (χ4v) is 3.74. The predicted molar refractivity (Wildman–Crippen MR) is 125 cm³/mol. The first-order chi connectivity index (χ1) is 14.2. The summed E-state index contributed by atoms with van der Waals surface area (Å²) < 4.78 is 11.0. The van der Waals surface area contributed by atoms with Gasteiger partial charge >= 0.3 is 0 Å². The molecule has 0 unspecified atom stereocenters. The minimum atomic E-state index is 0. The molecule has 0 atom stereocenters. The third-order valence-electron chi connectivity index (χ3n) is 5.09. The van der Waals surface area contributed by atoms with Crippen LogP contribution < -0.4 is 20.1 Å². The van der Waals surface area contributed by atoms with E-state index in [9.17, 15) is 0 Å². The maximum atomic E-state index is 5.56. The van der Waals surface area contributed by atoms with Gasteiger partial charge in [-0.15, -0.1) is 12.4 Å². The lowest BCUT2D eigenvalue weighted by Gasteiger charge is -2.12. The van der Waals surface area contributed by atoms with Crippen LogP contribution in [0, 0.1) is 5.92 Å². The van der Waals surface area contributed by atoms with Crippen molar-refractivity contribution in [3.63, 3.8) is 0 Å². The highest BCUT2D eigenvalue weighted by Crippen LogP contribution is 2.35. The Morgan fingerprint density at radius 2 is 1.97 bits per heavy atom. The molecule has 30 heavy (non-hydrogen) atoms. The van der Waals surface area contributed by atoms with Gasteiger partial charge in [0.25, 0.3) is 0 Å². The van der Waals surface area contributed by atoms with Crippen molar-refractivity contribution in [1.82, 2.24) is 10.3 Å². The minimum absolute atomic E-state index is 0. The van der Waals surface area contributed by atoms with Crippen molar-refractivity contribution in [2.45, 2.75) is 33.2 Å². The molecule has 1 aromatic heterocycles. The quantitative estimate of drug-likeness (QED) is 0.461. The van der Waals surface area contributed by atoms with Crippen molar-refractivity contribution in [3.8, 4) is 11.5 Å². The Balaban J connectivity index is 0.00000256. The molecule has 3 aromatic rings. The highest BCUT2D eigenvalue weighted by molar-refractivity contribution is 5.91. The largest absolute Gasteiger partial charge is 0.454 e. The van der Waals surface area contributed by atoms with Crippen LogP contribution in [-0.4, -0.2) is 24.9 Å². The van der Waals surface area contributed by atoms with Gasteiger partial charge in [-0.3, -0.25) is 4.98 Å². The summed E-state index contributed by atoms with van der Waals surface area (Å²) in [4.78, 5) is 4.56. The third-order valence-corrected chi connectivity index (χ3v) is 5.09. The zero-order valence-corrected chi connectivity index (χ0v) is 18.4. The molecule has 2 N–H and O–H groups in total. The van der Waals surface area contributed by atoms with Gasteiger partial charge in [-0.1, -0.05) is 38.1 Å². The summed E-state index contributed by atoms with van der Waals surface area (Å²) >= 11 is 0. The summed E-state index contributed by atoms with van der Waals surface area (Å²) in [6.45, 7) is 7.43. The van der Waals surface area contributed by atoms with Gasteiger partial charge in [-0.05, 0) is 49.1 Å². The van der Waals surface area contributed by atoms with Crippen LogP contribution in [0.25, 0.3) is 10.9 Å². The number of anilines is 1. The topological polar surface area (TPSA) is 55.4 Å². The van der Waals surface area contributed by atoms with Gasteiger partial charge in [-0.2, -0.15) is 0 Å². The fraction of sp³-hybridized carbons (Fsp3) is 0.375. The summed E-state index contributed by atoms with van der Waals surface area (Å²) in [6.07, 6.45) is 4.00. The molecule has 2 aromatic carbocycles. The van der Waals surface area contributed by atoms with E-state index in [1.54, 1.807) is 0 Å². The molecular weight excluding hydrogens is 398 g/mol. The van der Waals surface area contributed by atoms with Gasteiger partial charge in [0.05, 0.1) is 5.52 Å². The van der Waals surface area contributed by atoms with Gasteiger partial charge in [0.1, 0.15) is 0 Å². The molecule has 0 fully saturated rings. The molecule has 0 radical (unpaired) electrons. The van der Waals surface area contributed by atoms with Crippen molar-refractivity contribution in [2.24, 2.45) is 5.92 Å². The number of hydrogen-bond donors (Lipinski definition) is 2. The first-order valence-electron chi connectivity index (χ1n) is 10.4. The number of rotatable bonds is 9. The molecule has 0 aliphatic carbocycles. The van der Waals surface area contributed by atoms with E-state index in [1.807, 2.05) is 18.3 Å². The smallest absolute Gasteiger partial charge is 0.231 e. The Hall–Kier alpha value is -2.50. The Kier molecular flexibility index (Phi) is 7.77. The normalized spacial score (nSPS) is 12.2. The number of nitrogens with one attached hydrogen (secondary N) is 2. The zero-order chi connectivity index (χ0) is 20.1. The Labute approximate surface area is 184 Å². The minimum Gasteiger partial charge on any atom is -0.454 e. The van der Waals surface area contributed by atoms with Gasteiger partial charge in [0.2, 0.25) is 6.79 Å². The molecule has 0 saturated carbocycles. The lowest BCUT2D eigenvalue weighted by atomic mass is 10.0. The van der Waals surface area contributed by atoms with Crippen molar-refractivity contribution in [3.05, 3.63) is 59.8 Å². The van der Waals surface area contributed by atoms with E-state index in [4.69, 9.17) is 9.47 Å². The summed E-state index contributed by atoms with van der Waals surface area (Å²) in [5.41, 5.74) is 4.71. The molecule has 2 heterocycles. The summed E-state index contributed by atoms with van der Waals surface area (Å²) in [7, 11) is 0. The predicted octanol–water partition coefficient (Wildman–Crippen LogP) is 5.18. The molecular formula is C24H30ClN3O2. The second-order valence-electron chi connectivity index (χ2n) is 7.92. The average Bonchev–Trinajstić information content (AvgIpc) is 3.19. The van der Waals surface area contributed by atoms with Crippen LogP contribution in [-0.2, 0) is 13.0 Å². The van der Waals surface area contributed by atoms with Gasteiger partial charge < -0.3 is 20.1 Å². The number of benzene rings is 2. The molecule has 0 saturated heterocycles. The standard InChI is InChI=1S/C24H29N3O2.ClH/c1-17(2)13-18-7-8-20-21(9-12-27-22(20)14-18)26-11-4-10-25-15-19-5-3-6-23-24(19)29-16-28-23;/h3,5-9,12,14,17,25H,4,10-11,13,15-16H2,1-2H3,(H,26,27);1H. The first-order valence-corrected chi connectivity index (χ1v) is 10.4. The number of aromatic nitrogens is 1. The first kappa shape index (κ1) is 22.2. The SMILES string of the molecule is CC(C)Cc1ccc2c(NCCCNCc3cccc4c3OCO4)ccnc2c1.Cl. The van der Waals surface area contributed by atoms with Crippen LogP contribution in [0.3, 0.4) is 0 Å². The van der Waals surface area contributed by atoms with E-state index in [0.717, 1.165) is 60.7 Å². The van der Waals surface area contributed by atoms with E-state index < -0.39 is 0 Å². The summed E-state index contributed by atoms with van der Waals surface area (Å²) in [6, 6.07) is 14.7. The third kappa shape index (κ3) is 5.35. The fourth-order valence-electron chi connectivity index (χ4n) is 3.74. The van der Waals surface area contributed by atoms with Crippen LogP contribution >= 0.6 is 12.4 Å². The van der Waals surface area contributed by atoms with Crippen LogP contribution in [0.1, 0.15) is 31.4 Å². The van der Waals surface area contributed by atoms with Crippen molar-refractivity contribution in [2.75, 3.05) is 25.2 Å². The zero-order valence-electron chi connectivity index (χ0n) is 17.6. The summed E-state index contributed by atoms with van der Waals surface area (Å²) in [5, 5.41) is 8.24. The Morgan fingerprint density at radius 3 is 2.83 bits per heavy atom. The molecule has 0 spiro atoms. The Morgan fingerprint density at radius 1 is 1.07 bits per heavy atom. The number of para-hydroxylation sites is 1. The van der Waals surface area contributed by atoms with Crippen molar-refractivity contribution in [1.29, 1.82) is 0 Å². The van der Waals surface area contributed by atoms with Crippen LogP contribution in [0.5, 0.6) is 11.5 Å². The van der Waals surface area contributed by atoms with Crippen LogP contribution in [0.4, 0.5) is 5.69 Å². The molecule has 4 rings (SSSR count). The van der Waals surface area contributed by atoms with E-state index >= 15 is 0 Å². The number of hydrogen-bond acceptors (Lipinski definition) is 5.